The van der Waals surface area contributed by atoms with E-state index >= 15 is 0 Å². The Bertz CT molecular complexity index is 1040. The monoisotopic (exact) mass is 504 g/mol. The summed E-state index contributed by atoms with van der Waals surface area (Å²) in [6.45, 7) is 2.73. The molecule has 3 aromatic carbocycles. The lowest BCUT2D eigenvalue weighted by atomic mass is 10.1. The van der Waals surface area contributed by atoms with Gasteiger partial charge in [0.15, 0.2) is 0 Å². The van der Waals surface area contributed by atoms with Gasteiger partial charge in [-0.1, -0.05) is 67.1 Å². The average Bonchev–Trinajstić information content (AvgIpc) is 2.91. The molecule has 0 aliphatic carbocycles. The van der Waals surface area contributed by atoms with Crippen LogP contribution in [0.15, 0.2) is 78.9 Å². The van der Waals surface area contributed by atoms with E-state index in [1.807, 2.05) is 85.8 Å². The molecular formula is C31H36O6. The van der Waals surface area contributed by atoms with Gasteiger partial charge in [0.25, 0.3) is 0 Å². The van der Waals surface area contributed by atoms with Crippen molar-refractivity contribution in [3.63, 3.8) is 0 Å². The number of hydrogen-bond acceptors (Lipinski definition) is 6. The largest absolute Gasteiger partial charge is 0.489 e. The average molecular weight is 505 g/mol. The number of rotatable bonds is 15. The molecule has 0 unspecified atom stereocenters. The van der Waals surface area contributed by atoms with E-state index in [4.69, 9.17) is 14.2 Å². The summed E-state index contributed by atoms with van der Waals surface area (Å²) in [5.74, 6) is 0.782. The molecule has 0 aliphatic rings. The van der Waals surface area contributed by atoms with Gasteiger partial charge in [-0.2, -0.15) is 0 Å². The predicted molar refractivity (Wildman–Crippen MR) is 142 cm³/mol. The summed E-state index contributed by atoms with van der Waals surface area (Å²) in [5.41, 5.74) is 2.88. The van der Waals surface area contributed by atoms with E-state index in [1.54, 1.807) is 0 Å². The highest BCUT2D eigenvalue weighted by Gasteiger charge is 2.13. The van der Waals surface area contributed by atoms with Crippen molar-refractivity contribution in [3.8, 4) is 11.5 Å². The lowest BCUT2D eigenvalue weighted by Crippen LogP contribution is -2.16. The summed E-state index contributed by atoms with van der Waals surface area (Å²) in [5, 5.41) is 0. The van der Waals surface area contributed by atoms with Crippen molar-refractivity contribution in [3.05, 3.63) is 95.6 Å². The van der Waals surface area contributed by atoms with E-state index in [1.165, 1.54) is 7.11 Å². The Balaban J connectivity index is 1.56. The Kier molecular flexibility index (Phi) is 11.5. The van der Waals surface area contributed by atoms with E-state index in [-0.39, 0.29) is 24.5 Å². The minimum atomic E-state index is -0.295. The fraction of sp³-hybridized carbons (Fsp3) is 0.355. The second-order valence-corrected chi connectivity index (χ2v) is 9.01. The first-order valence-electron chi connectivity index (χ1n) is 12.8. The molecule has 6 nitrogen and oxygen atoms in total. The molecule has 0 bridgehead atoms. The van der Waals surface area contributed by atoms with Crippen molar-refractivity contribution in [1.29, 1.82) is 0 Å². The van der Waals surface area contributed by atoms with Gasteiger partial charge in [0.1, 0.15) is 24.7 Å². The van der Waals surface area contributed by atoms with Crippen LogP contribution >= 0.6 is 0 Å². The van der Waals surface area contributed by atoms with Crippen molar-refractivity contribution in [2.24, 2.45) is 0 Å². The van der Waals surface area contributed by atoms with Crippen LogP contribution in [-0.2, 0) is 38.7 Å². The van der Waals surface area contributed by atoms with E-state index < -0.39 is 0 Å². The molecule has 0 fully saturated rings. The lowest BCUT2D eigenvalue weighted by Gasteiger charge is -2.15. The van der Waals surface area contributed by atoms with E-state index in [9.17, 15) is 9.59 Å². The first kappa shape index (κ1) is 27.8. The van der Waals surface area contributed by atoms with Crippen molar-refractivity contribution in [1.82, 2.24) is 0 Å². The van der Waals surface area contributed by atoms with E-state index in [0.717, 1.165) is 42.4 Å². The fourth-order valence-corrected chi connectivity index (χ4v) is 3.85. The number of ether oxygens (including phenoxy) is 4. The summed E-state index contributed by atoms with van der Waals surface area (Å²) < 4.78 is 22.3. The molecule has 0 N–H and O–H groups in total. The quantitative estimate of drug-likeness (QED) is 0.175. The molecule has 0 saturated carbocycles. The zero-order valence-electron chi connectivity index (χ0n) is 21.7. The first-order valence-corrected chi connectivity index (χ1v) is 12.8. The van der Waals surface area contributed by atoms with Gasteiger partial charge < -0.3 is 18.9 Å². The maximum Gasteiger partial charge on any atom is 0.310 e. The first-order chi connectivity index (χ1) is 18.0. The van der Waals surface area contributed by atoms with Crippen LogP contribution in [0.4, 0.5) is 0 Å². The van der Waals surface area contributed by atoms with Crippen molar-refractivity contribution < 1.29 is 28.5 Å². The van der Waals surface area contributed by atoms with E-state index in [2.05, 4.69) is 4.74 Å². The Morgan fingerprint density at radius 1 is 0.703 bits per heavy atom. The minimum Gasteiger partial charge on any atom is -0.489 e. The Labute approximate surface area is 219 Å². The molecule has 0 heterocycles. The van der Waals surface area contributed by atoms with Crippen LogP contribution in [0.1, 0.15) is 55.7 Å². The zero-order valence-corrected chi connectivity index (χ0v) is 21.7. The number of methoxy groups -OCH3 is 1. The summed E-state index contributed by atoms with van der Waals surface area (Å²) in [7, 11) is 1.40. The third-order valence-electron chi connectivity index (χ3n) is 5.84. The second-order valence-electron chi connectivity index (χ2n) is 9.01. The van der Waals surface area contributed by atoms with Crippen LogP contribution in [0.25, 0.3) is 0 Å². The number of esters is 2. The van der Waals surface area contributed by atoms with Gasteiger partial charge in [0, 0.05) is 12.5 Å². The predicted octanol–water partition coefficient (Wildman–Crippen LogP) is 6.44. The summed E-state index contributed by atoms with van der Waals surface area (Å²) in [6, 6.07) is 25.4. The zero-order chi connectivity index (χ0) is 26.3. The van der Waals surface area contributed by atoms with Gasteiger partial charge in [0.05, 0.1) is 19.6 Å². The van der Waals surface area contributed by atoms with E-state index in [0.29, 0.717) is 31.1 Å². The Hall–Kier alpha value is -3.80. The molecule has 37 heavy (non-hydrogen) atoms. The third kappa shape index (κ3) is 10.8. The van der Waals surface area contributed by atoms with Gasteiger partial charge >= 0.3 is 11.9 Å². The molecule has 0 spiro atoms. The highest BCUT2D eigenvalue weighted by molar-refractivity contribution is 5.73. The Morgan fingerprint density at radius 3 is 1.81 bits per heavy atom. The van der Waals surface area contributed by atoms with Gasteiger partial charge in [-0.15, -0.1) is 0 Å². The standard InChI is InChI=1S/C31H36O6/c1-24(12-6-3-11-17-30(32)34-2)37-31(33)20-27-18-28(35-22-25-13-7-4-8-14-25)21-29(19-27)36-23-26-15-9-5-10-16-26/h4-5,7-10,13-16,18-19,21,24H,3,6,11-12,17,20,22-23H2,1-2H3/t24-/m1/s1. The fourth-order valence-electron chi connectivity index (χ4n) is 3.85. The van der Waals surface area contributed by atoms with Gasteiger partial charge in [-0.05, 0) is 55.0 Å². The SMILES string of the molecule is COC(=O)CCCCC[C@@H](C)OC(=O)Cc1cc(OCc2ccccc2)cc(OCc2ccccc2)c1. The normalized spacial score (nSPS) is 11.4. The van der Waals surface area contributed by atoms with Crippen LogP contribution < -0.4 is 9.47 Å². The maximum atomic E-state index is 12.7. The molecule has 3 aromatic rings. The van der Waals surface area contributed by atoms with Crippen LogP contribution in [0.2, 0.25) is 0 Å². The highest BCUT2D eigenvalue weighted by Crippen LogP contribution is 2.25. The highest BCUT2D eigenvalue weighted by atomic mass is 16.5. The summed E-state index contributed by atoms with van der Waals surface area (Å²) >= 11 is 0. The number of unbranched alkanes of at least 4 members (excludes halogenated alkanes) is 2. The number of hydrogen-bond donors (Lipinski definition) is 0. The summed E-state index contributed by atoms with van der Waals surface area (Å²) in [4.78, 5) is 23.8. The maximum absolute atomic E-state index is 12.7. The summed E-state index contributed by atoms with van der Waals surface area (Å²) in [6.07, 6.45) is 3.63. The molecule has 6 heteroatoms. The topological polar surface area (TPSA) is 71.1 Å². The number of benzene rings is 3. The number of carbonyl (C=O) groups is 2. The van der Waals surface area contributed by atoms with Gasteiger partial charge in [-0.3, -0.25) is 9.59 Å². The van der Waals surface area contributed by atoms with Crippen LogP contribution in [0.5, 0.6) is 11.5 Å². The van der Waals surface area contributed by atoms with Crippen LogP contribution in [0.3, 0.4) is 0 Å². The molecule has 0 amide bonds. The smallest absolute Gasteiger partial charge is 0.310 e. The van der Waals surface area contributed by atoms with Crippen molar-refractivity contribution in [2.75, 3.05) is 7.11 Å². The molecule has 0 radical (unpaired) electrons. The lowest BCUT2D eigenvalue weighted by molar-refractivity contribution is -0.147. The Morgan fingerprint density at radius 2 is 1.27 bits per heavy atom. The molecule has 196 valence electrons. The van der Waals surface area contributed by atoms with Gasteiger partial charge in [0.2, 0.25) is 0 Å². The molecule has 1 atom stereocenters. The second kappa shape index (κ2) is 15.3. The van der Waals surface area contributed by atoms with Crippen molar-refractivity contribution in [2.45, 2.75) is 64.8 Å². The van der Waals surface area contributed by atoms with Crippen LogP contribution in [-0.4, -0.2) is 25.2 Å². The van der Waals surface area contributed by atoms with Crippen LogP contribution in [0, 0.1) is 0 Å². The molecule has 0 aromatic heterocycles. The van der Waals surface area contributed by atoms with Crippen molar-refractivity contribution >= 4 is 11.9 Å². The third-order valence-corrected chi connectivity index (χ3v) is 5.84. The minimum absolute atomic E-state index is 0.122. The molecule has 0 saturated heterocycles. The van der Waals surface area contributed by atoms with Gasteiger partial charge in [-0.25, -0.2) is 0 Å². The molecular weight excluding hydrogens is 468 g/mol. The molecule has 0 aliphatic heterocycles. The number of carbonyl (C=O) groups excluding carboxylic acids is 2. The molecule has 3 rings (SSSR count).